The molecule has 1 aliphatic heterocycles. The van der Waals surface area contributed by atoms with Crippen LogP contribution in [0.25, 0.3) is 0 Å². The van der Waals surface area contributed by atoms with Gasteiger partial charge in [0.2, 0.25) is 0 Å². The predicted molar refractivity (Wildman–Crippen MR) is 60.1 cm³/mol. The van der Waals surface area contributed by atoms with Gasteiger partial charge >= 0.3 is 0 Å². The fourth-order valence-corrected chi connectivity index (χ4v) is 2.23. The molecule has 76 valence electrons. The summed E-state index contributed by atoms with van der Waals surface area (Å²) in [5.41, 5.74) is 0.996. The van der Waals surface area contributed by atoms with Crippen molar-refractivity contribution in [2.24, 2.45) is 0 Å². The number of benzene rings is 1. The molecule has 1 aromatic rings. The standard InChI is InChI=1S/C11H13BrFN/c1-8-3-2-6-14(8)9-4-5-10(12)11(13)7-9/h4-5,7-8H,2-3,6H2,1H3. The zero-order valence-corrected chi connectivity index (χ0v) is 9.72. The number of nitrogens with zero attached hydrogens (tertiary/aromatic N) is 1. The number of halogens is 2. The van der Waals surface area contributed by atoms with Crippen molar-refractivity contribution in [3.8, 4) is 0 Å². The van der Waals surface area contributed by atoms with Crippen LogP contribution >= 0.6 is 15.9 Å². The first-order valence-electron chi connectivity index (χ1n) is 4.90. The van der Waals surface area contributed by atoms with Gasteiger partial charge in [0.15, 0.2) is 0 Å². The van der Waals surface area contributed by atoms with Gasteiger partial charge in [-0.3, -0.25) is 0 Å². The van der Waals surface area contributed by atoms with E-state index in [2.05, 4.69) is 27.8 Å². The molecule has 1 atom stereocenters. The Balaban J connectivity index is 2.28. The van der Waals surface area contributed by atoms with E-state index in [4.69, 9.17) is 0 Å². The van der Waals surface area contributed by atoms with Crippen LogP contribution in [0.1, 0.15) is 19.8 Å². The Bertz CT molecular complexity index is 340. The second kappa shape index (κ2) is 3.89. The van der Waals surface area contributed by atoms with E-state index in [1.54, 1.807) is 12.1 Å². The molecule has 2 rings (SSSR count). The second-order valence-electron chi connectivity index (χ2n) is 3.78. The number of hydrogen-bond acceptors (Lipinski definition) is 1. The molecule has 1 aliphatic rings. The first-order valence-corrected chi connectivity index (χ1v) is 5.69. The Hall–Kier alpha value is -0.570. The molecule has 0 N–H and O–H groups in total. The van der Waals surface area contributed by atoms with Crippen molar-refractivity contribution in [2.45, 2.75) is 25.8 Å². The summed E-state index contributed by atoms with van der Waals surface area (Å²) in [6.07, 6.45) is 2.41. The zero-order valence-electron chi connectivity index (χ0n) is 8.13. The van der Waals surface area contributed by atoms with E-state index in [0.717, 1.165) is 12.2 Å². The minimum atomic E-state index is -0.179. The van der Waals surface area contributed by atoms with E-state index in [-0.39, 0.29) is 5.82 Å². The van der Waals surface area contributed by atoms with E-state index in [0.29, 0.717) is 10.5 Å². The van der Waals surface area contributed by atoms with Gasteiger partial charge in [0, 0.05) is 18.3 Å². The zero-order chi connectivity index (χ0) is 10.1. The van der Waals surface area contributed by atoms with Gasteiger partial charge in [-0.2, -0.15) is 0 Å². The molecule has 14 heavy (non-hydrogen) atoms. The van der Waals surface area contributed by atoms with Gasteiger partial charge in [0.1, 0.15) is 5.82 Å². The lowest BCUT2D eigenvalue weighted by molar-refractivity contribution is 0.619. The van der Waals surface area contributed by atoms with Crippen molar-refractivity contribution < 1.29 is 4.39 Å². The molecule has 0 saturated carbocycles. The number of anilines is 1. The lowest BCUT2D eigenvalue weighted by atomic mass is 10.2. The average Bonchev–Trinajstić information content (AvgIpc) is 2.57. The highest BCUT2D eigenvalue weighted by atomic mass is 79.9. The van der Waals surface area contributed by atoms with Crippen LogP contribution in [0.5, 0.6) is 0 Å². The Kier molecular flexibility index (Phi) is 2.77. The van der Waals surface area contributed by atoms with E-state index in [1.165, 1.54) is 12.8 Å². The van der Waals surface area contributed by atoms with Crippen LogP contribution in [0.15, 0.2) is 22.7 Å². The maximum absolute atomic E-state index is 13.3. The van der Waals surface area contributed by atoms with E-state index < -0.39 is 0 Å². The van der Waals surface area contributed by atoms with E-state index in [1.807, 2.05) is 6.07 Å². The fourth-order valence-electron chi connectivity index (χ4n) is 1.98. The molecule has 0 amide bonds. The summed E-state index contributed by atoms with van der Waals surface area (Å²) in [6.45, 7) is 3.23. The molecule has 0 aliphatic carbocycles. The van der Waals surface area contributed by atoms with Gasteiger partial charge in [-0.1, -0.05) is 0 Å². The van der Waals surface area contributed by atoms with Crippen molar-refractivity contribution in [1.29, 1.82) is 0 Å². The highest BCUT2D eigenvalue weighted by Crippen LogP contribution is 2.28. The molecule has 0 aromatic heterocycles. The van der Waals surface area contributed by atoms with E-state index >= 15 is 0 Å². The molecular weight excluding hydrogens is 245 g/mol. The van der Waals surface area contributed by atoms with Gasteiger partial charge in [-0.15, -0.1) is 0 Å². The van der Waals surface area contributed by atoms with Crippen LogP contribution in [0.2, 0.25) is 0 Å². The third-order valence-electron chi connectivity index (χ3n) is 2.79. The maximum Gasteiger partial charge on any atom is 0.139 e. The molecule has 1 heterocycles. The van der Waals surface area contributed by atoms with Crippen molar-refractivity contribution in [2.75, 3.05) is 11.4 Å². The summed E-state index contributed by atoms with van der Waals surface area (Å²) in [7, 11) is 0. The molecule has 0 spiro atoms. The van der Waals surface area contributed by atoms with Gasteiger partial charge in [0.25, 0.3) is 0 Å². The molecule has 0 bridgehead atoms. The number of hydrogen-bond donors (Lipinski definition) is 0. The Morgan fingerprint density at radius 3 is 2.86 bits per heavy atom. The summed E-state index contributed by atoms with van der Waals surface area (Å²) in [4.78, 5) is 2.26. The van der Waals surface area contributed by atoms with Gasteiger partial charge in [0.05, 0.1) is 4.47 Å². The highest BCUT2D eigenvalue weighted by Gasteiger charge is 2.20. The van der Waals surface area contributed by atoms with Gasteiger partial charge in [-0.05, 0) is 53.9 Å². The van der Waals surface area contributed by atoms with Crippen molar-refractivity contribution in [3.63, 3.8) is 0 Å². The van der Waals surface area contributed by atoms with Crippen LogP contribution < -0.4 is 4.90 Å². The molecular formula is C11H13BrFN. The third kappa shape index (κ3) is 1.78. The van der Waals surface area contributed by atoms with E-state index in [9.17, 15) is 4.39 Å². The lowest BCUT2D eigenvalue weighted by Gasteiger charge is -2.23. The molecule has 1 saturated heterocycles. The van der Waals surface area contributed by atoms with Crippen LogP contribution in [-0.2, 0) is 0 Å². The minimum Gasteiger partial charge on any atom is -0.369 e. The average molecular weight is 258 g/mol. The second-order valence-corrected chi connectivity index (χ2v) is 4.64. The molecule has 0 radical (unpaired) electrons. The van der Waals surface area contributed by atoms with Gasteiger partial charge < -0.3 is 4.90 Å². The normalized spacial score (nSPS) is 21.6. The highest BCUT2D eigenvalue weighted by molar-refractivity contribution is 9.10. The van der Waals surface area contributed by atoms with Crippen molar-refractivity contribution in [3.05, 3.63) is 28.5 Å². The third-order valence-corrected chi connectivity index (χ3v) is 3.43. The predicted octanol–water partition coefficient (Wildman–Crippen LogP) is 3.58. The van der Waals surface area contributed by atoms with Crippen molar-refractivity contribution in [1.82, 2.24) is 0 Å². The largest absolute Gasteiger partial charge is 0.369 e. The topological polar surface area (TPSA) is 3.24 Å². The quantitative estimate of drug-likeness (QED) is 0.744. The first kappa shape index (κ1) is 9.97. The van der Waals surface area contributed by atoms with Crippen molar-refractivity contribution >= 4 is 21.6 Å². The number of rotatable bonds is 1. The summed E-state index contributed by atoms with van der Waals surface area (Å²) < 4.78 is 13.8. The Labute approximate surface area is 92.0 Å². The summed E-state index contributed by atoms with van der Waals surface area (Å²) in [6, 6.07) is 5.88. The molecule has 1 fully saturated rings. The monoisotopic (exact) mass is 257 g/mol. The summed E-state index contributed by atoms with van der Waals surface area (Å²) in [5, 5.41) is 0. The molecule has 3 heteroatoms. The smallest absolute Gasteiger partial charge is 0.139 e. The first-order chi connectivity index (χ1) is 6.68. The van der Waals surface area contributed by atoms with Crippen LogP contribution in [0, 0.1) is 5.82 Å². The Morgan fingerprint density at radius 2 is 2.29 bits per heavy atom. The Morgan fingerprint density at radius 1 is 1.50 bits per heavy atom. The molecule has 1 unspecified atom stereocenters. The van der Waals surface area contributed by atoms with Crippen LogP contribution in [-0.4, -0.2) is 12.6 Å². The van der Waals surface area contributed by atoms with Gasteiger partial charge in [-0.25, -0.2) is 4.39 Å². The van der Waals surface area contributed by atoms with Crippen LogP contribution in [0.3, 0.4) is 0 Å². The van der Waals surface area contributed by atoms with Crippen LogP contribution in [0.4, 0.5) is 10.1 Å². The fraction of sp³-hybridized carbons (Fsp3) is 0.455. The summed E-state index contributed by atoms with van der Waals surface area (Å²) >= 11 is 3.16. The molecule has 1 nitrogen and oxygen atoms in total. The SMILES string of the molecule is CC1CCCN1c1ccc(Br)c(F)c1. The minimum absolute atomic E-state index is 0.179. The molecule has 1 aromatic carbocycles. The summed E-state index contributed by atoms with van der Waals surface area (Å²) in [5.74, 6) is -0.179. The lowest BCUT2D eigenvalue weighted by Crippen LogP contribution is -2.26. The maximum atomic E-state index is 13.3.